The van der Waals surface area contributed by atoms with Crippen molar-refractivity contribution < 1.29 is 33.8 Å². The summed E-state index contributed by atoms with van der Waals surface area (Å²) in [6, 6.07) is 13.3. The van der Waals surface area contributed by atoms with Crippen molar-refractivity contribution in [3.05, 3.63) is 87.9 Å². The molecule has 2 fully saturated rings. The quantitative estimate of drug-likeness (QED) is 0.362. The molecular formula is C35H38BrN3O7. The Kier molecular flexibility index (Phi) is 9.18. The van der Waals surface area contributed by atoms with Gasteiger partial charge in [0.2, 0.25) is 11.8 Å². The van der Waals surface area contributed by atoms with E-state index in [1.54, 1.807) is 11.0 Å². The number of ether oxygens (including phenoxy) is 2. The normalized spacial score (nSPS) is 30.6. The molecule has 2 saturated heterocycles. The summed E-state index contributed by atoms with van der Waals surface area (Å²) in [7, 11) is 0. The number of fused-ring (bicyclic) bond motifs is 2. The van der Waals surface area contributed by atoms with Crippen molar-refractivity contribution in [3.8, 4) is 0 Å². The lowest BCUT2D eigenvalue weighted by molar-refractivity contribution is -0.145. The maximum atomic E-state index is 14.9. The van der Waals surface area contributed by atoms with Gasteiger partial charge in [-0.05, 0) is 55.5 Å². The summed E-state index contributed by atoms with van der Waals surface area (Å²) >= 11 is 3.60. The predicted octanol–water partition coefficient (Wildman–Crippen LogP) is 3.64. The second kappa shape index (κ2) is 13.1. The van der Waals surface area contributed by atoms with E-state index in [4.69, 9.17) is 9.47 Å². The molecule has 2 aromatic rings. The number of cyclic esters (lactones) is 1. The highest BCUT2D eigenvalue weighted by atomic mass is 79.9. The summed E-state index contributed by atoms with van der Waals surface area (Å²) < 4.78 is 12.8. The van der Waals surface area contributed by atoms with Crippen LogP contribution in [0.4, 0.5) is 5.69 Å². The molecule has 3 amide bonds. The third kappa shape index (κ3) is 5.69. The van der Waals surface area contributed by atoms with Gasteiger partial charge in [-0.3, -0.25) is 19.2 Å². The number of rotatable bonds is 5. The standard InChI is InChI=1S/C35H38BrN3O7/c1-21-13-14-22(2)26(18-21)38-15-8-4-7-12-27(41)45-20-25(23-10-5-3-6-11-23)37-32(42)28-29-33(43)39(16-9-17-40)31(34(38)44)35(29)19-24(36)30(28)46-35/h3-6,8,10-11,13-14,18-19,25,28-31,40H,7,9,12,15-17,20H2,1-2H3,(H,37,42)/b8-4-/t25-,28-,29+,30-,31-,35+/m0/s1. The molecule has 10 nitrogen and oxygen atoms in total. The van der Waals surface area contributed by atoms with Gasteiger partial charge >= 0.3 is 5.97 Å². The fraction of sp³-hybridized carbons (Fsp3) is 0.429. The molecule has 0 aliphatic carbocycles. The van der Waals surface area contributed by atoms with Crippen molar-refractivity contribution in [3.63, 3.8) is 0 Å². The van der Waals surface area contributed by atoms with Crippen LogP contribution < -0.4 is 10.2 Å². The monoisotopic (exact) mass is 691 g/mol. The number of carbonyl (C=O) groups is 4. The van der Waals surface area contributed by atoms with Crippen LogP contribution in [0.15, 0.2) is 71.2 Å². The average molecular weight is 693 g/mol. The Labute approximate surface area is 276 Å². The molecule has 6 rings (SSSR count). The molecule has 0 unspecified atom stereocenters. The molecule has 46 heavy (non-hydrogen) atoms. The van der Waals surface area contributed by atoms with Crippen LogP contribution in [0.3, 0.4) is 0 Å². The Bertz CT molecular complexity index is 1590. The highest BCUT2D eigenvalue weighted by Crippen LogP contribution is 2.58. The number of amides is 3. The van der Waals surface area contributed by atoms with Gasteiger partial charge in [-0.15, -0.1) is 0 Å². The van der Waals surface area contributed by atoms with E-state index < -0.39 is 47.5 Å². The smallest absolute Gasteiger partial charge is 0.306 e. The zero-order valence-electron chi connectivity index (χ0n) is 25.9. The molecule has 1 spiro atoms. The minimum Gasteiger partial charge on any atom is -0.463 e. The number of hydrogen-bond donors (Lipinski definition) is 2. The first kappa shape index (κ1) is 32.2. The molecule has 6 atom stereocenters. The molecule has 0 saturated carbocycles. The van der Waals surface area contributed by atoms with Crippen LogP contribution in [0.2, 0.25) is 0 Å². The van der Waals surface area contributed by atoms with E-state index in [0.717, 1.165) is 16.7 Å². The van der Waals surface area contributed by atoms with Gasteiger partial charge < -0.3 is 29.7 Å². The van der Waals surface area contributed by atoms with E-state index in [-0.39, 0.29) is 51.0 Å². The molecule has 242 valence electrons. The van der Waals surface area contributed by atoms with Crippen LogP contribution in [0.5, 0.6) is 0 Å². The van der Waals surface area contributed by atoms with Crippen molar-refractivity contribution in [2.24, 2.45) is 11.8 Å². The molecular weight excluding hydrogens is 654 g/mol. The van der Waals surface area contributed by atoms with E-state index in [2.05, 4.69) is 21.2 Å². The van der Waals surface area contributed by atoms with Gasteiger partial charge in [-0.1, -0.05) is 70.5 Å². The number of esters is 1. The van der Waals surface area contributed by atoms with Gasteiger partial charge in [0.1, 0.15) is 24.4 Å². The maximum Gasteiger partial charge on any atom is 0.306 e. The van der Waals surface area contributed by atoms with Gasteiger partial charge in [0, 0.05) is 36.3 Å². The van der Waals surface area contributed by atoms with Crippen molar-refractivity contribution in [1.29, 1.82) is 0 Å². The van der Waals surface area contributed by atoms with E-state index in [0.29, 0.717) is 16.6 Å². The number of anilines is 1. The third-order valence-electron chi connectivity index (χ3n) is 9.34. The summed E-state index contributed by atoms with van der Waals surface area (Å²) in [6.45, 7) is 3.93. The van der Waals surface area contributed by atoms with Crippen molar-refractivity contribution in [1.82, 2.24) is 10.2 Å². The van der Waals surface area contributed by atoms with Crippen LogP contribution >= 0.6 is 15.9 Å². The second-order valence-electron chi connectivity index (χ2n) is 12.3. The second-order valence-corrected chi connectivity index (χ2v) is 13.3. The Morgan fingerprint density at radius 2 is 1.83 bits per heavy atom. The molecule has 5 bridgehead atoms. The minimum atomic E-state index is -1.41. The molecule has 2 N–H and O–H groups in total. The number of benzene rings is 2. The number of nitrogens with one attached hydrogen (secondary N) is 1. The number of likely N-dealkylation sites (tertiary alicyclic amines) is 1. The lowest BCUT2D eigenvalue weighted by Gasteiger charge is -2.36. The van der Waals surface area contributed by atoms with Gasteiger partial charge in [-0.2, -0.15) is 0 Å². The average Bonchev–Trinajstić information content (AvgIpc) is 3.64. The maximum absolute atomic E-state index is 14.9. The largest absolute Gasteiger partial charge is 0.463 e. The lowest BCUT2D eigenvalue weighted by atomic mass is 9.74. The number of allylic oxidation sites excluding steroid dienone is 1. The summed E-state index contributed by atoms with van der Waals surface area (Å²) in [5.41, 5.74) is 1.87. The number of carbonyl (C=O) groups excluding carboxylic acids is 4. The van der Waals surface area contributed by atoms with Crippen LogP contribution in [0.25, 0.3) is 0 Å². The fourth-order valence-corrected chi connectivity index (χ4v) is 7.90. The lowest BCUT2D eigenvalue weighted by Crippen LogP contribution is -2.56. The zero-order chi connectivity index (χ0) is 32.6. The van der Waals surface area contributed by atoms with Gasteiger partial charge in [-0.25, -0.2) is 0 Å². The summed E-state index contributed by atoms with van der Waals surface area (Å²) in [6.07, 6.45) is 5.48. The van der Waals surface area contributed by atoms with Crippen molar-refractivity contribution in [2.75, 3.05) is 31.2 Å². The van der Waals surface area contributed by atoms with E-state index in [9.17, 15) is 24.3 Å². The van der Waals surface area contributed by atoms with Crippen molar-refractivity contribution in [2.45, 2.75) is 56.9 Å². The number of aliphatic hydroxyl groups excluding tert-OH is 1. The van der Waals surface area contributed by atoms with E-state index in [1.165, 1.54) is 4.90 Å². The van der Waals surface area contributed by atoms with Crippen LogP contribution in [0, 0.1) is 25.7 Å². The van der Waals surface area contributed by atoms with Gasteiger partial charge in [0.15, 0.2) is 0 Å². The Morgan fingerprint density at radius 1 is 1.04 bits per heavy atom. The fourth-order valence-electron chi connectivity index (χ4n) is 7.16. The van der Waals surface area contributed by atoms with E-state index in [1.807, 2.05) is 74.5 Å². The highest BCUT2D eigenvalue weighted by Gasteiger charge is 2.74. The molecule has 11 heteroatoms. The minimum absolute atomic E-state index is 0.0819. The van der Waals surface area contributed by atoms with E-state index >= 15 is 0 Å². The van der Waals surface area contributed by atoms with Crippen LogP contribution in [-0.2, 0) is 28.7 Å². The number of nitrogens with zero attached hydrogens (tertiary/aromatic N) is 2. The predicted molar refractivity (Wildman–Crippen MR) is 174 cm³/mol. The summed E-state index contributed by atoms with van der Waals surface area (Å²) in [4.78, 5) is 59.4. The molecule has 0 aromatic heterocycles. The topological polar surface area (TPSA) is 125 Å². The number of aliphatic hydroxyl groups is 1. The molecule has 0 radical (unpaired) electrons. The van der Waals surface area contributed by atoms with Gasteiger partial charge in [0.05, 0.1) is 17.9 Å². The Morgan fingerprint density at radius 3 is 2.59 bits per heavy atom. The van der Waals surface area contributed by atoms with Crippen LogP contribution in [0.1, 0.15) is 42.0 Å². The highest BCUT2D eigenvalue weighted by molar-refractivity contribution is 9.11. The number of halogens is 1. The Balaban J connectivity index is 1.46. The first-order chi connectivity index (χ1) is 22.2. The molecule has 2 aromatic carbocycles. The summed E-state index contributed by atoms with van der Waals surface area (Å²) in [5.74, 6) is -3.49. The third-order valence-corrected chi connectivity index (χ3v) is 10.0. The number of hydrogen-bond acceptors (Lipinski definition) is 7. The Hall–Kier alpha value is -3.80. The van der Waals surface area contributed by atoms with Crippen LogP contribution in [-0.4, -0.2) is 77.7 Å². The SMILES string of the molecule is Cc1ccc(C)c(N2C/C=C\CCC(=O)OC[C@@H](c3ccccc3)NC(=O)[C@@H]3[C@H]4O[C@@]5(C=C4Br)[C@H](C2=O)N(CCCO)C(=O)[C@@H]35)c1. The van der Waals surface area contributed by atoms with Gasteiger partial charge in [0.25, 0.3) is 5.91 Å². The molecule has 4 aliphatic heterocycles. The molecule has 4 heterocycles. The zero-order valence-corrected chi connectivity index (χ0v) is 27.4. The number of aryl methyl sites for hydroxylation is 2. The molecule has 4 aliphatic rings. The first-order valence-corrected chi connectivity index (χ1v) is 16.5. The van der Waals surface area contributed by atoms with Crippen molar-refractivity contribution >= 4 is 45.3 Å². The first-order valence-electron chi connectivity index (χ1n) is 15.7. The summed E-state index contributed by atoms with van der Waals surface area (Å²) in [5, 5.41) is 12.8.